The van der Waals surface area contributed by atoms with Crippen molar-refractivity contribution >= 4 is 17.5 Å². The van der Waals surface area contributed by atoms with Gasteiger partial charge in [0.25, 0.3) is 0 Å². The Labute approximate surface area is 175 Å². The Morgan fingerprint density at radius 1 is 1.17 bits per heavy atom. The van der Waals surface area contributed by atoms with Crippen LogP contribution in [0.5, 0.6) is 0 Å². The molecule has 174 valence electrons. The lowest BCUT2D eigenvalue weighted by Gasteiger charge is -2.30. The molecule has 2 amide bonds. The van der Waals surface area contributed by atoms with Crippen molar-refractivity contribution in [1.82, 2.24) is 10.6 Å². The van der Waals surface area contributed by atoms with Crippen molar-refractivity contribution < 1.29 is 32.2 Å². The van der Waals surface area contributed by atoms with Crippen molar-refractivity contribution in [1.29, 1.82) is 5.41 Å². The summed E-state index contributed by atoms with van der Waals surface area (Å²) in [6.45, 7) is 7.36. The fourth-order valence-corrected chi connectivity index (χ4v) is 2.73. The number of hydrogen-bond donors (Lipinski definition) is 3. The summed E-state index contributed by atoms with van der Waals surface area (Å²) < 4.78 is 47.8. The van der Waals surface area contributed by atoms with Crippen LogP contribution in [0.4, 0.5) is 13.2 Å². The van der Waals surface area contributed by atoms with Gasteiger partial charge in [-0.25, -0.2) is 0 Å². The van der Waals surface area contributed by atoms with E-state index in [9.17, 15) is 22.8 Å². The van der Waals surface area contributed by atoms with Crippen LogP contribution in [-0.4, -0.2) is 55.3 Å². The van der Waals surface area contributed by atoms with E-state index in [1.807, 2.05) is 0 Å². The van der Waals surface area contributed by atoms with Crippen molar-refractivity contribution in [2.45, 2.75) is 84.2 Å². The monoisotopic (exact) mass is 437 g/mol. The van der Waals surface area contributed by atoms with Crippen LogP contribution >= 0.6 is 0 Å². The Bertz CT molecular complexity index is 601. The number of hydrogen-bond acceptors (Lipinski definition) is 6. The van der Waals surface area contributed by atoms with Crippen LogP contribution in [0.15, 0.2) is 0 Å². The molecule has 7 nitrogen and oxygen atoms in total. The molecular weight excluding hydrogens is 403 g/mol. The topological polar surface area (TPSA) is 101 Å². The smallest absolute Gasteiger partial charge is 0.353 e. The second-order valence-electron chi connectivity index (χ2n) is 8.79. The highest BCUT2D eigenvalue weighted by Crippen LogP contribution is 2.23. The molecule has 1 aliphatic heterocycles. The van der Waals surface area contributed by atoms with Crippen molar-refractivity contribution in [2.24, 2.45) is 5.41 Å². The van der Waals surface area contributed by atoms with Gasteiger partial charge in [-0.15, -0.1) is 0 Å². The van der Waals surface area contributed by atoms with E-state index in [1.165, 1.54) is 13.8 Å². The number of ether oxygens (including phenoxy) is 2. The van der Waals surface area contributed by atoms with Crippen LogP contribution in [0, 0.1) is 10.8 Å². The maximum Gasteiger partial charge on any atom is 0.389 e. The van der Waals surface area contributed by atoms with Gasteiger partial charge in [0, 0.05) is 24.2 Å². The summed E-state index contributed by atoms with van der Waals surface area (Å²) in [7, 11) is 0. The highest BCUT2D eigenvalue weighted by atomic mass is 19.4. The summed E-state index contributed by atoms with van der Waals surface area (Å²) in [4.78, 5) is 24.5. The van der Waals surface area contributed by atoms with Gasteiger partial charge in [0.2, 0.25) is 11.8 Å². The van der Waals surface area contributed by atoms with E-state index < -0.39 is 35.4 Å². The summed E-state index contributed by atoms with van der Waals surface area (Å²) in [5, 5.41) is 13.2. The minimum atomic E-state index is -4.25. The molecule has 1 unspecified atom stereocenters. The van der Waals surface area contributed by atoms with Crippen molar-refractivity contribution in [3.63, 3.8) is 0 Å². The first-order chi connectivity index (χ1) is 13.7. The maximum absolute atomic E-state index is 12.3. The van der Waals surface area contributed by atoms with Gasteiger partial charge in [0.05, 0.1) is 18.6 Å². The summed E-state index contributed by atoms with van der Waals surface area (Å²) in [5.41, 5.74) is -1.83. The quantitative estimate of drug-likeness (QED) is 0.340. The van der Waals surface area contributed by atoms with E-state index in [2.05, 4.69) is 10.6 Å². The number of rotatable bonds is 11. The van der Waals surface area contributed by atoms with Crippen molar-refractivity contribution in [2.75, 3.05) is 19.8 Å². The molecule has 0 radical (unpaired) electrons. The fraction of sp³-hybridized carbons (Fsp3) is 0.850. The lowest BCUT2D eigenvalue weighted by Crippen LogP contribution is -2.54. The average molecular weight is 438 g/mol. The Kier molecular flexibility index (Phi) is 9.90. The van der Waals surface area contributed by atoms with E-state index in [-0.39, 0.29) is 38.0 Å². The molecule has 1 aliphatic rings. The number of alkyl halides is 3. The van der Waals surface area contributed by atoms with Gasteiger partial charge in [-0.05, 0) is 46.1 Å². The minimum Gasteiger partial charge on any atom is -0.353 e. The highest BCUT2D eigenvalue weighted by molar-refractivity contribution is 6.08. The van der Waals surface area contributed by atoms with Crippen LogP contribution in [0.2, 0.25) is 0 Å². The molecule has 3 N–H and O–H groups in total. The molecule has 0 aliphatic carbocycles. The first kappa shape index (κ1) is 26.5. The van der Waals surface area contributed by atoms with Crippen molar-refractivity contribution in [3.8, 4) is 0 Å². The van der Waals surface area contributed by atoms with Crippen LogP contribution < -0.4 is 10.6 Å². The van der Waals surface area contributed by atoms with Crippen LogP contribution in [0.3, 0.4) is 0 Å². The Morgan fingerprint density at radius 2 is 1.83 bits per heavy atom. The molecule has 30 heavy (non-hydrogen) atoms. The van der Waals surface area contributed by atoms with Gasteiger partial charge in [0.1, 0.15) is 0 Å². The number of halogens is 3. The molecule has 0 aromatic rings. The van der Waals surface area contributed by atoms with Gasteiger partial charge >= 0.3 is 6.18 Å². The molecule has 0 aromatic heterocycles. The van der Waals surface area contributed by atoms with E-state index >= 15 is 0 Å². The zero-order valence-corrected chi connectivity index (χ0v) is 18.2. The second-order valence-corrected chi connectivity index (χ2v) is 8.79. The first-order valence-electron chi connectivity index (χ1n) is 10.2. The fourth-order valence-electron chi connectivity index (χ4n) is 2.73. The number of nitrogens with one attached hydrogen (secondary N) is 3. The summed E-state index contributed by atoms with van der Waals surface area (Å²) in [6.07, 6.45) is -3.13. The lowest BCUT2D eigenvalue weighted by atomic mass is 9.86. The Hall–Kier alpha value is -1.52. The number of carbonyl (C=O) groups excluding carboxylic acids is 2. The molecule has 1 atom stereocenters. The Morgan fingerprint density at radius 3 is 2.40 bits per heavy atom. The zero-order valence-electron chi connectivity index (χ0n) is 18.2. The minimum absolute atomic E-state index is 0.0163. The summed E-state index contributed by atoms with van der Waals surface area (Å²) >= 11 is 0. The van der Waals surface area contributed by atoms with Crippen molar-refractivity contribution in [3.05, 3.63) is 0 Å². The standard InChI is InChI=1S/C20H34F3N3O4/c1-18(2,13-30-16-8-5-6-11-29-16)14(24)12-15(27)26-17(28)19(3,4)25-10-7-9-20(21,22)23/h16,24-25H,5-13H2,1-4H3,(H,26,27,28). The van der Waals surface area contributed by atoms with Gasteiger partial charge < -0.3 is 20.2 Å². The number of carbonyl (C=O) groups is 2. The van der Waals surface area contributed by atoms with Crippen LogP contribution in [0.1, 0.15) is 66.2 Å². The summed E-state index contributed by atoms with van der Waals surface area (Å²) in [6, 6.07) is 0. The molecule has 1 saturated heterocycles. The molecule has 1 heterocycles. The largest absolute Gasteiger partial charge is 0.389 e. The van der Waals surface area contributed by atoms with E-state index in [0.717, 1.165) is 19.3 Å². The first-order valence-corrected chi connectivity index (χ1v) is 10.2. The predicted octanol–water partition coefficient (Wildman–Crippen LogP) is 3.32. The molecule has 0 spiro atoms. The third-order valence-corrected chi connectivity index (χ3v) is 4.95. The van der Waals surface area contributed by atoms with Crippen LogP contribution in [-0.2, 0) is 19.1 Å². The molecule has 1 fully saturated rings. The van der Waals surface area contributed by atoms with Gasteiger partial charge in [-0.2, -0.15) is 13.2 Å². The molecule has 10 heteroatoms. The predicted molar refractivity (Wildman–Crippen MR) is 106 cm³/mol. The molecular formula is C20H34F3N3O4. The molecule has 0 aromatic carbocycles. The Balaban J connectivity index is 2.42. The number of imide groups is 1. The van der Waals surface area contributed by atoms with Gasteiger partial charge in [0.15, 0.2) is 6.29 Å². The summed E-state index contributed by atoms with van der Waals surface area (Å²) in [5.74, 6) is -1.30. The number of amides is 2. The van der Waals surface area contributed by atoms with E-state index in [0.29, 0.717) is 6.61 Å². The SMILES string of the molecule is CC(C)(COC1CCCCO1)C(=N)CC(=O)NC(=O)C(C)(C)NCCCC(F)(F)F. The third kappa shape index (κ3) is 9.99. The molecule has 0 bridgehead atoms. The third-order valence-electron chi connectivity index (χ3n) is 4.95. The van der Waals surface area contributed by atoms with E-state index in [4.69, 9.17) is 14.9 Å². The molecule has 0 saturated carbocycles. The van der Waals surface area contributed by atoms with Gasteiger partial charge in [-0.1, -0.05) is 13.8 Å². The van der Waals surface area contributed by atoms with Gasteiger partial charge in [-0.3, -0.25) is 14.9 Å². The average Bonchev–Trinajstić information content (AvgIpc) is 2.63. The van der Waals surface area contributed by atoms with E-state index in [1.54, 1.807) is 13.8 Å². The second kappa shape index (κ2) is 11.2. The maximum atomic E-state index is 12.3. The highest BCUT2D eigenvalue weighted by Gasteiger charge is 2.32. The zero-order chi connectivity index (χ0) is 23.0. The van der Waals surface area contributed by atoms with Crippen LogP contribution in [0.25, 0.3) is 0 Å². The normalized spacial score (nSPS) is 18.2. The lowest BCUT2D eigenvalue weighted by molar-refractivity contribution is -0.171. The molecule has 1 rings (SSSR count).